The van der Waals surface area contributed by atoms with E-state index in [1.54, 1.807) is 7.05 Å². The van der Waals surface area contributed by atoms with Crippen molar-refractivity contribution in [3.8, 4) is 5.75 Å². The summed E-state index contributed by atoms with van der Waals surface area (Å²) in [5.41, 5.74) is 1.14. The van der Waals surface area contributed by atoms with E-state index in [0.717, 1.165) is 56.5 Å². The molecule has 1 unspecified atom stereocenters. The van der Waals surface area contributed by atoms with E-state index in [9.17, 15) is 0 Å². The Morgan fingerprint density at radius 1 is 1.32 bits per heavy atom. The fourth-order valence-electron chi connectivity index (χ4n) is 2.61. The number of morpholine rings is 1. The third-order valence-electron chi connectivity index (χ3n) is 4.41. The van der Waals surface area contributed by atoms with Crippen molar-refractivity contribution in [2.45, 2.75) is 32.9 Å². The fraction of sp³-hybridized carbons (Fsp3) is 0.632. The number of nitrogens with one attached hydrogen (secondary N) is 2. The van der Waals surface area contributed by atoms with Crippen molar-refractivity contribution in [1.29, 1.82) is 0 Å². The highest BCUT2D eigenvalue weighted by molar-refractivity contribution is 5.79. The Morgan fingerprint density at radius 2 is 2.08 bits per heavy atom. The molecule has 0 saturated carbocycles. The van der Waals surface area contributed by atoms with Gasteiger partial charge in [0.2, 0.25) is 0 Å². The quantitative estimate of drug-likeness (QED) is 0.555. The molecule has 1 aliphatic rings. The van der Waals surface area contributed by atoms with Crippen molar-refractivity contribution in [1.82, 2.24) is 15.5 Å². The summed E-state index contributed by atoms with van der Waals surface area (Å²) >= 11 is 0. The number of rotatable bonds is 8. The number of benzene rings is 1. The average Bonchev–Trinajstić information content (AvgIpc) is 2.66. The van der Waals surface area contributed by atoms with Gasteiger partial charge in [-0.25, -0.2) is 0 Å². The van der Waals surface area contributed by atoms with Crippen LogP contribution >= 0.6 is 0 Å². The van der Waals surface area contributed by atoms with Gasteiger partial charge in [-0.15, -0.1) is 0 Å². The van der Waals surface area contributed by atoms with Gasteiger partial charge in [0.25, 0.3) is 0 Å². The fourth-order valence-corrected chi connectivity index (χ4v) is 2.61. The lowest BCUT2D eigenvalue weighted by Crippen LogP contribution is -2.41. The maximum atomic E-state index is 6.03. The smallest absolute Gasteiger partial charge is 0.191 e. The van der Waals surface area contributed by atoms with Gasteiger partial charge in [0.1, 0.15) is 12.4 Å². The molecule has 6 nitrogen and oxygen atoms in total. The second-order valence-electron chi connectivity index (χ2n) is 6.29. The van der Waals surface area contributed by atoms with E-state index < -0.39 is 0 Å². The van der Waals surface area contributed by atoms with Crippen molar-refractivity contribution in [3.63, 3.8) is 0 Å². The third kappa shape index (κ3) is 6.92. The van der Waals surface area contributed by atoms with Gasteiger partial charge in [-0.2, -0.15) is 0 Å². The van der Waals surface area contributed by atoms with Crippen LogP contribution in [-0.4, -0.2) is 63.4 Å². The van der Waals surface area contributed by atoms with Gasteiger partial charge in [-0.3, -0.25) is 9.89 Å². The summed E-state index contributed by atoms with van der Waals surface area (Å²) < 4.78 is 11.4. The number of guanidine groups is 1. The zero-order valence-electron chi connectivity index (χ0n) is 15.8. The first-order valence-electron chi connectivity index (χ1n) is 9.21. The predicted octanol–water partition coefficient (Wildman–Crippen LogP) is 1.86. The summed E-state index contributed by atoms with van der Waals surface area (Å²) in [6, 6.07) is 8.57. The first-order chi connectivity index (χ1) is 12.2. The highest BCUT2D eigenvalue weighted by atomic mass is 16.5. The number of nitrogens with zero attached hydrogens (tertiary/aromatic N) is 2. The van der Waals surface area contributed by atoms with Gasteiger partial charge in [-0.1, -0.05) is 25.1 Å². The molecule has 1 atom stereocenters. The maximum absolute atomic E-state index is 6.03. The Hall–Kier alpha value is -1.79. The second-order valence-corrected chi connectivity index (χ2v) is 6.29. The molecule has 1 fully saturated rings. The van der Waals surface area contributed by atoms with E-state index in [1.165, 1.54) is 0 Å². The lowest BCUT2D eigenvalue weighted by molar-refractivity contribution is 0.0322. The van der Waals surface area contributed by atoms with E-state index in [1.807, 2.05) is 18.2 Å². The van der Waals surface area contributed by atoms with Gasteiger partial charge < -0.3 is 20.1 Å². The van der Waals surface area contributed by atoms with Crippen molar-refractivity contribution < 1.29 is 9.47 Å². The Bertz CT molecular complexity index is 530. The molecule has 2 N–H and O–H groups in total. The average molecular weight is 348 g/mol. The molecular weight excluding hydrogens is 316 g/mol. The molecule has 2 rings (SSSR count). The zero-order chi connectivity index (χ0) is 17.9. The normalized spacial score (nSPS) is 17.2. The summed E-state index contributed by atoms with van der Waals surface area (Å²) in [5, 5.41) is 6.73. The lowest BCUT2D eigenvalue weighted by Gasteiger charge is -2.26. The molecule has 1 aliphatic heterocycles. The Kier molecular flexibility index (Phi) is 8.55. The van der Waals surface area contributed by atoms with Crippen LogP contribution in [0.15, 0.2) is 29.3 Å². The largest absolute Gasteiger partial charge is 0.492 e. The molecule has 1 aromatic rings. The van der Waals surface area contributed by atoms with E-state index in [0.29, 0.717) is 19.2 Å². The van der Waals surface area contributed by atoms with Gasteiger partial charge in [0.15, 0.2) is 5.96 Å². The lowest BCUT2D eigenvalue weighted by atomic mass is 10.2. The summed E-state index contributed by atoms with van der Waals surface area (Å²) in [6.07, 6.45) is 1.06. The van der Waals surface area contributed by atoms with E-state index in [2.05, 4.69) is 40.4 Å². The van der Waals surface area contributed by atoms with Gasteiger partial charge in [0, 0.05) is 44.8 Å². The zero-order valence-corrected chi connectivity index (χ0v) is 15.8. The number of ether oxygens (including phenoxy) is 2. The van der Waals surface area contributed by atoms with Crippen LogP contribution in [0.1, 0.15) is 25.8 Å². The van der Waals surface area contributed by atoms with Gasteiger partial charge >= 0.3 is 0 Å². The molecule has 0 aliphatic carbocycles. The highest BCUT2D eigenvalue weighted by Gasteiger charge is 2.11. The molecule has 1 heterocycles. The molecule has 0 spiro atoms. The van der Waals surface area contributed by atoms with Crippen LogP contribution in [0.3, 0.4) is 0 Å². The van der Waals surface area contributed by atoms with Crippen LogP contribution < -0.4 is 15.4 Å². The van der Waals surface area contributed by atoms with E-state index in [4.69, 9.17) is 9.47 Å². The molecule has 25 heavy (non-hydrogen) atoms. The van der Waals surface area contributed by atoms with Crippen molar-refractivity contribution in [3.05, 3.63) is 29.8 Å². The number of para-hydroxylation sites is 1. The van der Waals surface area contributed by atoms with Crippen molar-refractivity contribution >= 4 is 5.96 Å². The van der Waals surface area contributed by atoms with Gasteiger partial charge in [0.05, 0.1) is 13.2 Å². The summed E-state index contributed by atoms with van der Waals surface area (Å²) in [6.45, 7) is 10.2. The molecular formula is C19H32N4O2. The monoisotopic (exact) mass is 348 g/mol. The van der Waals surface area contributed by atoms with Crippen LogP contribution in [0.2, 0.25) is 0 Å². The minimum Gasteiger partial charge on any atom is -0.492 e. The van der Waals surface area contributed by atoms with Crippen molar-refractivity contribution in [2.75, 3.05) is 46.5 Å². The van der Waals surface area contributed by atoms with Gasteiger partial charge in [-0.05, 0) is 19.4 Å². The molecule has 0 aromatic heterocycles. The number of hydrogen-bond donors (Lipinski definition) is 2. The summed E-state index contributed by atoms with van der Waals surface area (Å²) in [4.78, 5) is 6.66. The molecule has 140 valence electrons. The van der Waals surface area contributed by atoms with Crippen molar-refractivity contribution in [2.24, 2.45) is 4.99 Å². The van der Waals surface area contributed by atoms with E-state index >= 15 is 0 Å². The number of aliphatic imine (C=N–C) groups is 1. The SMILES string of the molecule is CCC(C)NC(=NC)NCc1ccccc1OCCN1CCOCC1. The molecule has 0 amide bonds. The topological polar surface area (TPSA) is 58.1 Å². The molecule has 0 radical (unpaired) electrons. The van der Waals surface area contributed by atoms with E-state index in [-0.39, 0.29) is 0 Å². The molecule has 1 saturated heterocycles. The highest BCUT2D eigenvalue weighted by Crippen LogP contribution is 2.17. The van der Waals surface area contributed by atoms with Crippen LogP contribution in [0.4, 0.5) is 0 Å². The van der Waals surface area contributed by atoms with Crippen LogP contribution in [0.5, 0.6) is 5.75 Å². The Balaban J connectivity index is 1.82. The third-order valence-corrected chi connectivity index (χ3v) is 4.41. The first kappa shape index (κ1) is 19.5. The molecule has 1 aromatic carbocycles. The minimum absolute atomic E-state index is 0.395. The van der Waals surface area contributed by atoms with Crippen LogP contribution in [0.25, 0.3) is 0 Å². The molecule has 6 heteroatoms. The minimum atomic E-state index is 0.395. The maximum Gasteiger partial charge on any atom is 0.191 e. The number of hydrogen-bond acceptors (Lipinski definition) is 4. The first-order valence-corrected chi connectivity index (χ1v) is 9.21. The Labute approximate surface area is 151 Å². The van der Waals surface area contributed by atoms with Crippen LogP contribution in [-0.2, 0) is 11.3 Å². The summed E-state index contributed by atoms with van der Waals surface area (Å²) in [5.74, 6) is 1.75. The molecule has 0 bridgehead atoms. The summed E-state index contributed by atoms with van der Waals surface area (Å²) in [7, 11) is 1.79. The predicted molar refractivity (Wildman–Crippen MR) is 102 cm³/mol. The Morgan fingerprint density at radius 3 is 2.80 bits per heavy atom. The second kappa shape index (κ2) is 10.9. The standard InChI is InChI=1S/C19H32N4O2/c1-4-16(2)22-19(20-3)21-15-17-7-5-6-8-18(17)25-14-11-23-9-12-24-13-10-23/h5-8,16H,4,9-15H2,1-3H3,(H2,20,21,22). The van der Waals surface area contributed by atoms with Crippen LogP contribution in [0, 0.1) is 0 Å².